The summed E-state index contributed by atoms with van der Waals surface area (Å²) >= 11 is 1.68. The molecular weight excluding hydrogens is 236 g/mol. The van der Waals surface area contributed by atoms with Crippen molar-refractivity contribution in [2.75, 3.05) is 24.7 Å². The van der Waals surface area contributed by atoms with Crippen molar-refractivity contribution < 1.29 is 9.59 Å². The van der Waals surface area contributed by atoms with Crippen molar-refractivity contribution >= 4 is 23.6 Å². The normalized spacial score (nSPS) is 24.8. The number of hydrogen-bond acceptors (Lipinski definition) is 3. The number of hydrogen-bond donors (Lipinski definition) is 0. The van der Waals surface area contributed by atoms with E-state index >= 15 is 0 Å². The second kappa shape index (κ2) is 5.29. The Balaban J connectivity index is 2.03. The van der Waals surface area contributed by atoms with Crippen molar-refractivity contribution in [3.8, 4) is 0 Å². The Hall–Kier alpha value is -0.710. The lowest BCUT2D eigenvalue weighted by Crippen LogP contribution is -2.49. The van der Waals surface area contributed by atoms with E-state index in [0.717, 1.165) is 31.7 Å². The predicted molar refractivity (Wildman–Crippen MR) is 68.6 cm³/mol. The monoisotopic (exact) mass is 256 g/mol. The van der Waals surface area contributed by atoms with Crippen LogP contribution < -0.4 is 0 Å². The highest BCUT2D eigenvalue weighted by Crippen LogP contribution is 2.25. The molecule has 0 aromatic rings. The largest absolute Gasteiger partial charge is 0.341 e. The van der Waals surface area contributed by atoms with Crippen LogP contribution in [0.4, 0.5) is 0 Å². The van der Waals surface area contributed by atoms with E-state index < -0.39 is 0 Å². The standard InChI is InChI=1S/C12H20N2O2S/c1-9(2)11(15)14-8-17-7-10(14)12(16)13-5-3-4-6-13/h9-10H,3-8H2,1-2H3. The molecule has 17 heavy (non-hydrogen) atoms. The molecule has 2 aliphatic heterocycles. The minimum atomic E-state index is -0.215. The van der Waals surface area contributed by atoms with E-state index in [-0.39, 0.29) is 23.8 Å². The molecule has 4 nitrogen and oxygen atoms in total. The summed E-state index contributed by atoms with van der Waals surface area (Å²) in [5, 5.41) is 0. The van der Waals surface area contributed by atoms with Crippen LogP contribution in [0.25, 0.3) is 0 Å². The Bertz CT molecular complexity index is 314. The maximum atomic E-state index is 12.3. The topological polar surface area (TPSA) is 40.6 Å². The van der Waals surface area contributed by atoms with E-state index in [0.29, 0.717) is 5.88 Å². The second-order valence-electron chi connectivity index (χ2n) is 5.01. The fourth-order valence-corrected chi connectivity index (χ4v) is 3.50. The lowest BCUT2D eigenvalue weighted by Gasteiger charge is -2.28. The number of nitrogens with zero attached hydrogens (tertiary/aromatic N) is 2. The molecule has 0 aliphatic carbocycles. The molecule has 0 saturated carbocycles. The average Bonchev–Trinajstić information content (AvgIpc) is 2.97. The van der Waals surface area contributed by atoms with Gasteiger partial charge in [0.1, 0.15) is 6.04 Å². The van der Waals surface area contributed by atoms with Crippen LogP contribution in [0, 0.1) is 5.92 Å². The molecule has 2 amide bonds. The molecule has 2 saturated heterocycles. The van der Waals surface area contributed by atoms with Gasteiger partial charge in [-0.05, 0) is 12.8 Å². The summed E-state index contributed by atoms with van der Waals surface area (Å²) in [7, 11) is 0. The van der Waals surface area contributed by atoms with E-state index in [9.17, 15) is 9.59 Å². The lowest BCUT2D eigenvalue weighted by atomic mass is 10.1. The van der Waals surface area contributed by atoms with Gasteiger partial charge in [-0.3, -0.25) is 9.59 Å². The van der Waals surface area contributed by atoms with Crippen molar-refractivity contribution in [3.05, 3.63) is 0 Å². The van der Waals surface area contributed by atoms with Crippen molar-refractivity contribution in [1.82, 2.24) is 9.80 Å². The molecule has 0 N–H and O–H groups in total. The zero-order valence-corrected chi connectivity index (χ0v) is 11.3. The van der Waals surface area contributed by atoms with Gasteiger partial charge in [-0.25, -0.2) is 0 Å². The molecule has 0 radical (unpaired) electrons. The molecule has 0 aromatic carbocycles. The number of rotatable bonds is 2. The van der Waals surface area contributed by atoms with Gasteiger partial charge in [-0.2, -0.15) is 0 Å². The van der Waals surface area contributed by atoms with Gasteiger partial charge in [-0.15, -0.1) is 11.8 Å². The van der Waals surface area contributed by atoms with Crippen molar-refractivity contribution in [2.24, 2.45) is 5.92 Å². The van der Waals surface area contributed by atoms with Crippen LogP contribution in [-0.2, 0) is 9.59 Å². The molecule has 2 rings (SSSR count). The maximum Gasteiger partial charge on any atom is 0.246 e. The Morgan fingerprint density at radius 1 is 1.24 bits per heavy atom. The van der Waals surface area contributed by atoms with Gasteiger partial charge in [0.25, 0.3) is 0 Å². The second-order valence-corrected chi connectivity index (χ2v) is 6.01. The minimum absolute atomic E-state index is 0.0254. The predicted octanol–water partition coefficient (Wildman–Crippen LogP) is 1.17. The number of carbonyl (C=O) groups is 2. The average molecular weight is 256 g/mol. The molecule has 2 fully saturated rings. The van der Waals surface area contributed by atoms with Crippen LogP contribution in [0.1, 0.15) is 26.7 Å². The summed E-state index contributed by atoms with van der Waals surface area (Å²) in [6, 6.07) is -0.215. The molecule has 2 heterocycles. The third-order valence-electron chi connectivity index (χ3n) is 3.36. The summed E-state index contributed by atoms with van der Waals surface area (Å²) in [5.41, 5.74) is 0. The Morgan fingerprint density at radius 3 is 2.47 bits per heavy atom. The zero-order chi connectivity index (χ0) is 12.4. The highest BCUT2D eigenvalue weighted by atomic mass is 32.2. The Kier molecular flexibility index (Phi) is 3.97. The Labute approximate surface area is 107 Å². The number of likely N-dealkylation sites (tertiary alicyclic amines) is 1. The quantitative estimate of drug-likeness (QED) is 0.744. The first-order valence-corrected chi connectivity index (χ1v) is 7.43. The summed E-state index contributed by atoms with van der Waals surface area (Å²) in [4.78, 5) is 28.0. The molecule has 1 atom stereocenters. The molecule has 5 heteroatoms. The first-order chi connectivity index (χ1) is 8.11. The first-order valence-electron chi connectivity index (χ1n) is 6.28. The molecule has 0 aromatic heterocycles. The minimum Gasteiger partial charge on any atom is -0.341 e. The van der Waals surface area contributed by atoms with Crippen molar-refractivity contribution in [1.29, 1.82) is 0 Å². The smallest absolute Gasteiger partial charge is 0.246 e. The van der Waals surface area contributed by atoms with Gasteiger partial charge in [0, 0.05) is 24.8 Å². The molecular formula is C12H20N2O2S. The summed E-state index contributed by atoms with van der Waals surface area (Å²) in [6.07, 6.45) is 2.20. The maximum absolute atomic E-state index is 12.3. The van der Waals surface area contributed by atoms with Gasteiger partial charge in [0.05, 0.1) is 5.88 Å². The third kappa shape index (κ3) is 2.59. The van der Waals surface area contributed by atoms with Crippen LogP contribution in [0.3, 0.4) is 0 Å². The van der Waals surface area contributed by atoms with Crippen LogP contribution in [-0.4, -0.2) is 52.4 Å². The molecule has 2 aliphatic rings. The fraction of sp³-hybridized carbons (Fsp3) is 0.833. The first kappa shape index (κ1) is 12.7. The summed E-state index contributed by atoms with van der Waals surface area (Å²) < 4.78 is 0. The van der Waals surface area contributed by atoms with E-state index in [4.69, 9.17) is 0 Å². The van der Waals surface area contributed by atoms with Crippen molar-refractivity contribution in [3.63, 3.8) is 0 Å². The van der Waals surface area contributed by atoms with Gasteiger partial charge >= 0.3 is 0 Å². The number of carbonyl (C=O) groups excluding carboxylic acids is 2. The van der Waals surface area contributed by atoms with Gasteiger partial charge < -0.3 is 9.80 Å². The SMILES string of the molecule is CC(C)C(=O)N1CSCC1C(=O)N1CCCC1. The molecule has 1 unspecified atom stereocenters. The summed E-state index contributed by atoms with van der Waals surface area (Å²) in [5.74, 6) is 1.66. The van der Waals surface area contributed by atoms with E-state index in [1.54, 1.807) is 16.7 Å². The van der Waals surface area contributed by atoms with Crippen LogP contribution >= 0.6 is 11.8 Å². The summed E-state index contributed by atoms with van der Waals surface area (Å²) in [6.45, 7) is 5.51. The van der Waals surface area contributed by atoms with Gasteiger partial charge in [-0.1, -0.05) is 13.8 Å². The molecule has 0 spiro atoms. The zero-order valence-electron chi connectivity index (χ0n) is 10.5. The van der Waals surface area contributed by atoms with E-state index in [1.165, 1.54) is 0 Å². The number of thioether (sulfide) groups is 1. The van der Waals surface area contributed by atoms with E-state index in [2.05, 4.69) is 0 Å². The number of amides is 2. The van der Waals surface area contributed by atoms with Crippen molar-refractivity contribution in [2.45, 2.75) is 32.7 Å². The van der Waals surface area contributed by atoms with E-state index in [1.807, 2.05) is 18.7 Å². The van der Waals surface area contributed by atoms with Crippen LogP contribution in [0.15, 0.2) is 0 Å². The van der Waals surface area contributed by atoms with Gasteiger partial charge in [0.15, 0.2) is 0 Å². The fourth-order valence-electron chi connectivity index (χ4n) is 2.34. The third-order valence-corrected chi connectivity index (χ3v) is 4.37. The Morgan fingerprint density at radius 2 is 1.88 bits per heavy atom. The van der Waals surface area contributed by atoms with Gasteiger partial charge in [0.2, 0.25) is 11.8 Å². The molecule has 0 bridgehead atoms. The molecule has 96 valence electrons. The lowest BCUT2D eigenvalue weighted by molar-refractivity contribution is -0.144. The highest BCUT2D eigenvalue weighted by molar-refractivity contribution is 7.99. The van der Waals surface area contributed by atoms with Crippen LogP contribution in [0.5, 0.6) is 0 Å². The van der Waals surface area contributed by atoms with Crippen LogP contribution in [0.2, 0.25) is 0 Å². The highest BCUT2D eigenvalue weighted by Gasteiger charge is 2.38.